The lowest BCUT2D eigenvalue weighted by molar-refractivity contribution is 0.403. The second-order valence-electron chi connectivity index (χ2n) is 7.58. The van der Waals surface area contributed by atoms with Crippen LogP contribution in [0.15, 0.2) is 76.1 Å². The molecule has 0 amide bonds. The van der Waals surface area contributed by atoms with Crippen molar-refractivity contribution >= 4 is 11.8 Å². The monoisotopic (exact) mass is 415 g/mol. The van der Waals surface area contributed by atoms with Gasteiger partial charge in [-0.25, -0.2) is 0 Å². The minimum absolute atomic E-state index is 0.538. The fourth-order valence-electron chi connectivity index (χ4n) is 3.56. The van der Waals surface area contributed by atoms with Crippen LogP contribution in [-0.2, 0) is 6.54 Å². The molecule has 0 N–H and O–H groups in total. The van der Waals surface area contributed by atoms with Gasteiger partial charge >= 0.3 is 0 Å². The summed E-state index contributed by atoms with van der Waals surface area (Å²) in [5, 5.41) is 4.22. The molecule has 0 aliphatic rings. The van der Waals surface area contributed by atoms with Gasteiger partial charge in [0.2, 0.25) is 5.82 Å². The number of aromatic nitrogens is 2. The van der Waals surface area contributed by atoms with Crippen molar-refractivity contribution in [2.75, 3.05) is 20.4 Å². The summed E-state index contributed by atoms with van der Waals surface area (Å²) < 4.78 is 5.63. The third-order valence-electron chi connectivity index (χ3n) is 5.03. The molecule has 0 saturated heterocycles. The van der Waals surface area contributed by atoms with E-state index in [9.17, 15) is 0 Å². The van der Waals surface area contributed by atoms with Gasteiger partial charge in [-0.05, 0) is 73.8 Å². The van der Waals surface area contributed by atoms with E-state index in [2.05, 4.69) is 96.9 Å². The maximum absolute atomic E-state index is 5.63. The van der Waals surface area contributed by atoms with Crippen LogP contribution in [0.5, 0.6) is 0 Å². The number of benzene rings is 3. The summed E-state index contributed by atoms with van der Waals surface area (Å²) in [6, 6.07) is 23.1. The highest BCUT2D eigenvalue weighted by molar-refractivity contribution is 7.98. The summed E-state index contributed by atoms with van der Waals surface area (Å²) in [5.41, 5.74) is 6.87. The van der Waals surface area contributed by atoms with Crippen molar-refractivity contribution in [3.8, 4) is 34.0 Å². The Hall–Kier alpha value is -2.89. The molecule has 5 heteroatoms. The number of thioether (sulfide) groups is 1. The Morgan fingerprint density at radius 1 is 0.900 bits per heavy atom. The molecule has 1 heterocycles. The molecule has 0 atom stereocenters. The van der Waals surface area contributed by atoms with Crippen LogP contribution in [-0.4, -0.2) is 35.4 Å². The summed E-state index contributed by atoms with van der Waals surface area (Å²) in [6.07, 6.45) is 2.06. The first-order chi connectivity index (χ1) is 14.5. The van der Waals surface area contributed by atoms with Gasteiger partial charge in [-0.3, -0.25) is 0 Å². The van der Waals surface area contributed by atoms with Crippen LogP contribution >= 0.6 is 11.8 Å². The zero-order valence-electron chi connectivity index (χ0n) is 17.7. The molecule has 0 saturated carbocycles. The zero-order chi connectivity index (χ0) is 21.1. The summed E-state index contributed by atoms with van der Waals surface area (Å²) in [7, 11) is 4.16. The summed E-state index contributed by atoms with van der Waals surface area (Å²) in [4.78, 5) is 8.02. The van der Waals surface area contributed by atoms with E-state index < -0.39 is 0 Å². The highest BCUT2D eigenvalue weighted by Gasteiger charge is 2.15. The van der Waals surface area contributed by atoms with E-state index in [0.717, 1.165) is 17.7 Å². The Morgan fingerprint density at radius 3 is 2.50 bits per heavy atom. The first-order valence-corrected chi connectivity index (χ1v) is 11.1. The van der Waals surface area contributed by atoms with E-state index >= 15 is 0 Å². The van der Waals surface area contributed by atoms with Crippen molar-refractivity contribution in [2.24, 2.45) is 0 Å². The molecule has 0 spiro atoms. The predicted molar refractivity (Wildman–Crippen MR) is 125 cm³/mol. The molecule has 1 aromatic heterocycles. The molecule has 4 aromatic rings. The minimum atomic E-state index is 0.538. The van der Waals surface area contributed by atoms with Crippen LogP contribution in [0.25, 0.3) is 34.0 Å². The van der Waals surface area contributed by atoms with Crippen LogP contribution in [0.2, 0.25) is 0 Å². The molecule has 0 radical (unpaired) electrons. The Bertz CT molecular complexity index is 1170. The van der Waals surface area contributed by atoms with Gasteiger partial charge in [0, 0.05) is 22.6 Å². The molecule has 4 rings (SSSR count). The standard InChI is InChI=1S/C25H25N3OS/c1-17-8-5-6-11-22(17)23-13-12-19(14-20(23)16-28(2)3)25-26-24(27-29-25)18-9-7-10-21(15-18)30-4/h5-15H,16H2,1-4H3. The fraction of sp³-hybridized carbons (Fsp3) is 0.200. The van der Waals surface area contributed by atoms with Gasteiger partial charge in [0.25, 0.3) is 5.89 Å². The molecule has 0 bridgehead atoms. The molecule has 0 fully saturated rings. The number of hydrogen-bond acceptors (Lipinski definition) is 5. The topological polar surface area (TPSA) is 42.2 Å². The maximum Gasteiger partial charge on any atom is 0.258 e. The van der Waals surface area contributed by atoms with Crippen LogP contribution in [0.4, 0.5) is 0 Å². The van der Waals surface area contributed by atoms with Gasteiger partial charge in [0.15, 0.2) is 0 Å². The van der Waals surface area contributed by atoms with E-state index in [-0.39, 0.29) is 0 Å². The van der Waals surface area contributed by atoms with Gasteiger partial charge in [-0.2, -0.15) is 4.98 Å². The fourth-order valence-corrected chi connectivity index (χ4v) is 4.02. The van der Waals surface area contributed by atoms with Crippen molar-refractivity contribution in [3.63, 3.8) is 0 Å². The summed E-state index contributed by atoms with van der Waals surface area (Å²) in [5.74, 6) is 1.15. The molecule has 3 aromatic carbocycles. The Balaban J connectivity index is 1.73. The van der Waals surface area contributed by atoms with Gasteiger partial charge < -0.3 is 9.42 Å². The Labute approximate surface area is 181 Å². The average Bonchev–Trinajstić information content (AvgIpc) is 3.24. The van der Waals surface area contributed by atoms with E-state index in [0.29, 0.717) is 11.7 Å². The van der Waals surface area contributed by atoms with E-state index in [1.807, 2.05) is 12.1 Å². The van der Waals surface area contributed by atoms with Crippen LogP contribution < -0.4 is 0 Å². The molecule has 152 valence electrons. The van der Waals surface area contributed by atoms with Crippen molar-refractivity contribution < 1.29 is 4.52 Å². The van der Waals surface area contributed by atoms with Crippen LogP contribution in [0, 0.1) is 6.92 Å². The number of aryl methyl sites for hydroxylation is 1. The van der Waals surface area contributed by atoms with Crippen LogP contribution in [0.1, 0.15) is 11.1 Å². The summed E-state index contributed by atoms with van der Waals surface area (Å²) >= 11 is 1.70. The third-order valence-corrected chi connectivity index (χ3v) is 5.75. The highest BCUT2D eigenvalue weighted by atomic mass is 32.2. The Morgan fingerprint density at radius 2 is 1.73 bits per heavy atom. The first kappa shape index (κ1) is 20.4. The molecule has 0 aliphatic heterocycles. The third kappa shape index (κ3) is 4.32. The molecule has 4 nitrogen and oxygen atoms in total. The Kier molecular flexibility index (Phi) is 6.02. The second kappa shape index (κ2) is 8.86. The smallest absolute Gasteiger partial charge is 0.258 e. The zero-order valence-corrected chi connectivity index (χ0v) is 18.5. The largest absolute Gasteiger partial charge is 0.334 e. The first-order valence-electron chi connectivity index (χ1n) is 9.87. The van der Waals surface area contributed by atoms with Crippen molar-refractivity contribution in [2.45, 2.75) is 18.4 Å². The molecule has 30 heavy (non-hydrogen) atoms. The van der Waals surface area contributed by atoms with E-state index in [1.54, 1.807) is 11.8 Å². The lowest BCUT2D eigenvalue weighted by atomic mass is 9.94. The number of rotatable bonds is 6. The van der Waals surface area contributed by atoms with Gasteiger partial charge in [-0.1, -0.05) is 47.6 Å². The van der Waals surface area contributed by atoms with Crippen molar-refractivity contribution in [1.29, 1.82) is 0 Å². The predicted octanol–water partition coefficient (Wildman–Crippen LogP) is 6.16. The SMILES string of the molecule is CSc1cccc(-c2noc(-c3ccc(-c4ccccc4C)c(CN(C)C)c3)n2)c1. The van der Waals surface area contributed by atoms with Gasteiger partial charge in [0.1, 0.15) is 0 Å². The maximum atomic E-state index is 5.63. The highest BCUT2D eigenvalue weighted by Crippen LogP contribution is 2.32. The van der Waals surface area contributed by atoms with Crippen molar-refractivity contribution in [1.82, 2.24) is 15.0 Å². The lowest BCUT2D eigenvalue weighted by Gasteiger charge is -2.16. The van der Waals surface area contributed by atoms with Gasteiger partial charge in [0.05, 0.1) is 0 Å². The van der Waals surface area contributed by atoms with E-state index in [4.69, 9.17) is 4.52 Å². The molecular formula is C25H25N3OS. The number of nitrogens with zero attached hydrogens (tertiary/aromatic N) is 3. The van der Waals surface area contributed by atoms with Crippen LogP contribution in [0.3, 0.4) is 0 Å². The second-order valence-corrected chi connectivity index (χ2v) is 8.46. The van der Waals surface area contributed by atoms with Crippen molar-refractivity contribution in [3.05, 3.63) is 77.9 Å². The van der Waals surface area contributed by atoms with E-state index in [1.165, 1.54) is 27.1 Å². The number of hydrogen-bond donors (Lipinski definition) is 0. The van der Waals surface area contributed by atoms with Gasteiger partial charge in [-0.15, -0.1) is 11.8 Å². The summed E-state index contributed by atoms with van der Waals surface area (Å²) in [6.45, 7) is 2.98. The molecular weight excluding hydrogens is 390 g/mol. The minimum Gasteiger partial charge on any atom is -0.334 e. The quantitative estimate of drug-likeness (QED) is 0.353. The lowest BCUT2D eigenvalue weighted by Crippen LogP contribution is -2.11. The molecule has 0 aliphatic carbocycles. The molecule has 0 unspecified atom stereocenters. The average molecular weight is 416 g/mol. The normalized spacial score (nSPS) is 11.2.